The van der Waals surface area contributed by atoms with Crippen LogP contribution < -0.4 is 0 Å². The highest BCUT2D eigenvalue weighted by molar-refractivity contribution is 4.86. The maximum atomic E-state index is 5.91. The van der Waals surface area contributed by atoms with Gasteiger partial charge in [-0.15, -0.1) is 0 Å². The van der Waals surface area contributed by atoms with Crippen LogP contribution in [0.4, 0.5) is 0 Å². The Bertz CT molecular complexity index is 153. The fourth-order valence-electron chi connectivity index (χ4n) is 1.79. The van der Waals surface area contributed by atoms with Gasteiger partial charge in [0.25, 0.3) is 0 Å². The lowest BCUT2D eigenvalue weighted by Gasteiger charge is -2.43. The summed E-state index contributed by atoms with van der Waals surface area (Å²) in [6, 6.07) is 0. The van der Waals surface area contributed by atoms with Gasteiger partial charge in [-0.25, -0.2) is 0 Å². The third kappa shape index (κ3) is 1.82. The van der Waals surface area contributed by atoms with Crippen LogP contribution in [0.1, 0.15) is 41.0 Å². The lowest BCUT2D eigenvalue weighted by atomic mass is 9.77. The van der Waals surface area contributed by atoms with E-state index in [9.17, 15) is 0 Å². The molecule has 0 radical (unpaired) electrons. The predicted molar refractivity (Wildman–Crippen MR) is 52.1 cm³/mol. The van der Waals surface area contributed by atoms with Crippen LogP contribution in [0.2, 0.25) is 0 Å². The van der Waals surface area contributed by atoms with Crippen LogP contribution in [-0.4, -0.2) is 12.2 Å². The summed E-state index contributed by atoms with van der Waals surface area (Å²) >= 11 is 0. The van der Waals surface area contributed by atoms with Crippen molar-refractivity contribution in [2.45, 2.75) is 46.6 Å². The lowest BCUT2D eigenvalue weighted by molar-refractivity contribution is -0.131. The fourth-order valence-corrected chi connectivity index (χ4v) is 1.79. The summed E-state index contributed by atoms with van der Waals surface area (Å²) in [6.45, 7) is 12.3. The molecule has 0 amide bonds. The van der Waals surface area contributed by atoms with Gasteiger partial charge in [-0.2, -0.15) is 0 Å². The topological polar surface area (TPSA) is 9.23 Å². The SMILES string of the molecule is CC1COC(C)(C(C)C)CC1C. The van der Waals surface area contributed by atoms with Crippen LogP contribution in [-0.2, 0) is 4.74 Å². The summed E-state index contributed by atoms with van der Waals surface area (Å²) in [6.07, 6.45) is 1.21. The van der Waals surface area contributed by atoms with Gasteiger partial charge in [0.05, 0.1) is 12.2 Å². The van der Waals surface area contributed by atoms with Gasteiger partial charge in [0.2, 0.25) is 0 Å². The molecule has 3 unspecified atom stereocenters. The second-order valence-corrected chi connectivity index (χ2v) is 4.94. The Kier molecular flexibility index (Phi) is 2.82. The Morgan fingerprint density at radius 1 is 1.25 bits per heavy atom. The fraction of sp³-hybridized carbons (Fsp3) is 1.00. The zero-order valence-corrected chi connectivity index (χ0v) is 9.05. The van der Waals surface area contributed by atoms with Crippen molar-refractivity contribution < 1.29 is 4.74 Å². The monoisotopic (exact) mass is 170 g/mol. The van der Waals surface area contributed by atoms with Crippen molar-refractivity contribution in [2.75, 3.05) is 6.61 Å². The van der Waals surface area contributed by atoms with E-state index in [1.54, 1.807) is 0 Å². The smallest absolute Gasteiger partial charge is 0.0680 e. The van der Waals surface area contributed by atoms with E-state index < -0.39 is 0 Å². The van der Waals surface area contributed by atoms with Crippen LogP contribution in [0.25, 0.3) is 0 Å². The van der Waals surface area contributed by atoms with Gasteiger partial charge in [-0.1, -0.05) is 27.7 Å². The largest absolute Gasteiger partial charge is 0.375 e. The Morgan fingerprint density at radius 3 is 2.25 bits per heavy atom. The minimum absolute atomic E-state index is 0.131. The van der Waals surface area contributed by atoms with E-state index in [4.69, 9.17) is 4.74 Å². The maximum Gasteiger partial charge on any atom is 0.0680 e. The van der Waals surface area contributed by atoms with Crippen molar-refractivity contribution in [2.24, 2.45) is 17.8 Å². The first-order valence-corrected chi connectivity index (χ1v) is 5.09. The Balaban J connectivity index is 2.60. The molecule has 1 aliphatic heterocycles. The average molecular weight is 170 g/mol. The van der Waals surface area contributed by atoms with Crippen molar-refractivity contribution in [3.63, 3.8) is 0 Å². The summed E-state index contributed by atoms with van der Waals surface area (Å²) in [4.78, 5) is 0. The molecule has 0 aromatic carbocycles. The Labute approximate surface area is 76.5 Å². The normalized spacial score (nSPS) is 43.5. The molecule has 1 aliphatic rings. The maximum absolute atomic E-state index is 5.91. The molecule has 72 valence electrons. The summed E-state index contributed by atoms with van der Waals surface area (Å²) in [7, 11) is 0. The van der Waals surface area contributed by atoms with E-state index in [1.807, 2.05) is 0 Å². The van der Waals surface area contributed by atoms with Gasteiger partial charge in [-0.3, -0.25) is 0 Å². The van der Waals surface area contributed by atoms with E-state index in [-0.39, 0.29) is 5.60 Å². The first-order valence-electron chi connectivity index (χ1n) is 5.09. The molecule has 0 aliphatic carbocycles. The highest BCUT2D eigenvalue weighted by atomic mass is 16.5. The summed E-state index contributed by atoms with van der Waals surface area (Å²) in [5.41, 5.74) is 0.131. The van der Waals surface area contributed by atoms with Crippen LogP contribution in [0.3, 0.4) is 0 Å². The molecule has 0 aromatic heterocycles. The highest BCUT2D eigenvalue weighted by Crippen LogP contribution is 2.36. The van der Waals surface area contributed by atoms with Gasteiger partial charge < -0.3 is 4.74 Å². The molecule has 1 saturated heterocycles. The van der Waals surface area contributed by atoms with Crippen LogP contribution in [0, 0.1) is 17.8 Å². The lowest BCUT2D eigenvalue weighted by Crippen LogP contribution is -2.44. The van der Waals surface area contributed by atoms with Crippen LogP contribution >= 0.6 is 0 Å². The molecular weight excluding hydrogens is 148 g/mol. The van der Waals surface area contributed by atoms with Crippen LogP contribution in [0.5, 0.6) is 0 Å². The van der Waals surface area contributed by atoms with Crippen molar-refractivity contribution in [3.8, 4) is 0 Å². The molecule has 0 aromatic rings. The molecule has 1 fully saturated rings. The summed E-state index contributed by atoms with van der Waals surface area (Å²) in [5, 5.41) is 0. The van der Waals surface area contributed by atoms with Gasteiger partial charge in [0.15, 0.2) is 0 Å². The number of ether oxygens (including phenoxy) is 1. The quantitative estimate of drug-likeness (QED) is 0.587. The molecular formula is C11H22O. The van der Waals surface area contributed by atoms with Crippen molar-refractivity contribution in [1.82, 2.24) is 0 Å². The van der Waals surface area contributed by atoms with E-state index in [1.165, 1.54) is 6.42 Å². The molecule has 12 heavy (non-hydrogen) atoms. The third-order valence-corrected chi connectivity index (χ3v) is 3.60. The van der Waals surface area contributed by atoms with Gasteiger partial charge in [0.1, 0.15) is 0 Å². The van der Waals surface area contributed by atoms with Crippen molar-refractivity contribution in [3.05, 3.63) is 0 Å². The zero-order valence-electron chi connectivity index (χ0n) is 9.05. The molecule has 0 spiro atoms. The third-order valence-electron chi connectivity index (χ3n) is 3.60. The van der Waals surface area contributed by atoms with E-state index in [0.29, 0.717) is 5.92 Å². The Morgan fingerprint density at radius 2 is 1.83 bits per heavy atom. The molecule has 1 heteroatoms. The van der Waals surface area contributed by atoms with Gasteiger partial charge in [0, 0.05) is 0 Å². The van der Waals surface area contributed by atoms with Crippen LogP contribution in [0.15, 0.2) is 0 Å². The van der Waals surface area contributed by atoms with E-state index in [0.717, 1.165) is 18.4 Å². The molecule has 1 rings (SSSR count). The number of rotatable bonds is 1. The summed E-state index contributed by atoms with van der Waals surface area (Å²) < 4.78 is 5.91. The standard InChI is InChI=1S/C11H22O/c1-8(2)11(5)6-9(3)10(4)7-12-11/h8-10H,6-7H2,1-5H3. The minimum Gasteiger partial charge on any atom is -0.375 e. The van der Waals surface area contributed by atoms with E-state index >= 15 is 0 Å². The first-order chi connectivity index (χ1) is 5.46. The second kappa shape index (κ2) is 3.37. The zero-order chi connectivity index (χ0) is 9.35. The number of hydrogen-bond donors (Lipinski definition) is 0. The van der Waals surface area contributed by atoms with E-state index in [2.05, 4.69) is 34.6 Å². The van der Waals surface area contributed by atoms with Crippen molar-refractivity contribution in [1.29, 1.82) is 0 Å². The first kappa shape index (κ1) is 10.0. The minimum atomic E-state index is 0.131. The molecule has 0 bridgehead atoms. The number of hydrogen-bond acceptors (Lipinski definition) is 1. The average Bonchev–Trinajstić information content (AvgIpc) is 1.97. The predicted octanol–water partition coefficient (Wildman–Crippen LogP) is 3.09. The molecule has 0 saturated carbocycles. The molecule has 0 N–H and O–H groups in total. The Hall–Kier alpha value is -0.0400. The van der Waals surface area contributed by atoms with Crippen molar-refractivity contribution >= 4 is 0 Å². The molecule has 1 nitrogen and oxygen atoms in total. The molecule has 1 heterocycles. The molecule has 3 atom stereocenters. The highest BCUT2D eigenvalue weighted by Gasteiger charge is 2.37. The van der Waals surface area contributed by atoms with Gasteiger partial charge in [-0.05, 0) is 31.1 Å². The second-order valence-electron chi connectivity index (χ2n) is 4.94. The van der Waals surface area contributed by atoms with Gasteiger partial charge >= 0.3 is 0 Å². The summed E-state index contributed by atoms with van der Waals surface area (Å²) in [5.74, 6) is 2.18.